The molecule has 0 bridgehead atoms. The predicted molar refractivity (Wildman–Crippen MR) is 98.2 cm³/mol. The number of halogens is 2. The van der Waals surface area contributed by atoms with E-state index in [-0.39, 0.29) is 18.5 Å². The summed E-state index contributed by atoms with van der Waals surface area (Å²) in [6, 6.07) is 14.4. The molecular formula is C18H16BrClN2O2. The molecule has 0 aliphatic carbocycles. The number of nitrogens with zero attached hydrogens (tertiary/aromatic N) is 2. The summed E-state index contributed by atoms with van der Waals surface area (Å²) in [7, 11) is 0. The topological polar surface area (TPSA) is 40.6 Å². The molecule has 0 radical (unpaired) electrons. The highest BCUT2D eigenvalue weighted by Crippen LogP contribution is 2.25. The van der Waals surface area contributed by atoms with Gasteiger partial charge in [0.2, 0.25) is 5.91 Å². The van der Waals surface area contributed by atoms with E-state index in [0.29, 0.717) is 29.2 Å². The van der Waals surface area contributed by atoms with E-state index >= 15 is 0 Å². The minimum atomic E-state index is -0.176. The van der Waals surface area contributed by atoms with Crippen molar-refractivity contribution >= 4 is 45.0 Å². The Morgan fingerprint density at radius 1 is 1.21 bits per heavy atom. The van der Waals surface area contributed by atoms with Crippen LogP contribution in [0.5, 0.6) is 0 Å². The van der Waals surface area contributed by atoms with E-state index < -0.39 is 0 Å². The number of carbonyl (C=O) groups is 2. The monoisotopic (exact) mass is 406 g/mol. The third-order valence-electron chi connectivity index (χ3n) is 3.95. The molecule has 2 aromatic carbocycles. The predicted octanol–water partition coefficient (Wildman–Crippen LogP) is 4.33. The van der Waals surface area contributed by atoms with Gasteiger partial charge in [-0.1, -0.05) is 29.8 Å². The smallest absolute Gasteiger partial charge is 0.260 e. The van der Waals surface area contributed by atoms with Crippen molar-refractivity contribution in [2.24, 2.45) is 0 Å². The van der Waals surface area contributed by atoms with E-state index in [0.717, 1.165) is 10.9 Å². The van der Waals surface area contributed by atoms with Gasteiger partial charge in [-0.05, 0) is 52.7 Å². The summed E-state index contributed by atoms with van der Waals surface area (Å²) < 4.78 is 0.717. The Morgan fingerprint density at radius 2 is 2.00 bits per heavy atom. The van der Waals surface area contributed by atoms with Crippen LogP contribution in [0.15, 0.2) is 53.0 Å². The number of hydrogen-bond acceptors (Lipinski definition) is 2. The lowest BCUT2D eigenvalue weighted by Gasteiger charge is -2.28. The second kappa shape index (κ2) is 7.36. The number of hydrogen-bond donors (Lipinski definition) is 0. The molecule has 24 heavy (non-hydrogen) atoms. The Hall–Kier alpha value is -1.85. The molecule has 1 saturated heterocycles. The standard InChI is InChI=1S/C18H16BrClN2O2/c19-16-8-2-1-7-15(16)18(24)22(12-21-10-4-9-17(21)23)14-6-3-5-13(20)11-14/h1-3,5-8,11H,4,9-10,12H2. The molecule has 2 aromatic rings. The minimum absolute atomic E-state index is 0.0713. The average Bonchev–Trinajstić information content (AvgIpc) is 2.97. The zero-order valence-electron chi connectivity index (χ0n) is 12.9. The van der Waals surface area contributed by atoms with Crippen molar-refractivity contribution < 1.29 is 9.59 Å². The number of carbonyl (C=O) groups excluding carboxylic acids is 2. The van der Waals surface area contributed by atoms with Crippen LogP contribution in [0.1, 0.15) is 23.2 Å². The van der Waals surface area contributed by atoms with Gasteiger partial charge in [0.15, 0.2) is 0 Å². The molecule has 0 spiro atoms. The summed E-state index contributed by atoms with van der Waals surface area (Å²) in [6.07, 6.45) is 1.36. The molecular weight excluding hydrogens is 392 g/mol. The number of benzene rings is 2. The van der Waals surface area contributed by atoms with E-state index in [1.165, 1.54) is 0 Å². The Labute approximate surface area is 154 Å². The minimum Gasteiger partial charge on any atom is -0.324 e. The first-order chi connectivity index (χ1) is 11.6. The van der Waals surface area contributed by atoms with Gasteiger partial charge in [0.25, 0.3) is 5.91 Å². The van der Waals surface area contributed by atoms with Gasteiger partial charge in [-0.3, -0.25) is 14.5 Å². The lowest BCUT2D eigenvalue weighted by atomic mass is 10.2. The molecule has 1 fully saturated rings. The van der Waals surface area contributed by atoms with Crippen LogP contribution >= 0.6 is 27.5 Å². The third kappa shape index (κ3) is 3.62. The summed E-state index contributed by atoms with van der Waals surface area (Å²) >= 11 is 9.51. The van der Waals surface area contributed by atoms with Gasteiger partial charge < -0.3 is 4.90 Å². The van der Waals surface area contributed by atoms with Crippen molar-refractivity contribution in [2.45, 2.75) is 12.8 Å². The number of likely N-dealkylation sites (tertiary alicyclic amines) is 1. The summed E-state index contributed by atoms with van der Waals surface area (Å²) in [5.41, 5.74) is 1.21. The maximum atomic E-state index is 13.1. The van der Waals surface area contributed by atoms with Crippen molar-refractivity contribution in [3.63, 3.8) is 0 Å². The average molecular weight is 408 g/mol. The van der Waals surface area contributed by atoms with Crippen LogP contribution in [0.3, 0.4) is 0 Å². The first-order valence-electron chi connectivity index (χ1n) is 7.66. The summed E-state index contributed by atoms with van der Waals surface area (Å²) in [5.74, 6) is -0.105. The Morgan fingerprint density at radius 3 is 2.67 bits per heavy atom. The second-order valence-electron chi connectivity index (χ2n) is 5.60. The summed E-state index contributed by atoms with van der Waals surface area (Å²) in [4.78, 5) is 28.4. The van der Waals surface area contributed by atoms with Gasteiger partial charge in [-0.2, -0.15) is 0 Å². The highest BCUT2D eigenvalue weighted by Gasteiger charge is 2.27. The van der Waals surface area contributed by atoms with Crippen LogP contribution in [-0.4, -0.2) is 29.9 Å². The van der Waals surface area contributed by atoms with E-state index in [1.807, 2.05) is 24.3 Å². The van der Waals surface area contributed by atoms with Gasteiger partial charge in [0.1, 0.15) is 6.67 Å². The zero-order chi connectivity index (χ0) is 17.1. The quantitative estimate of drug-likeness (QED) is 0.757. The van der Waals surface area contributed by atoms with Crippen molar-refractivity contribution in [1.29, 1.82) is 0 Å². The van der Waals surface area contributed by atoms with Crippen molar-refractivity contribution in [3.8, 4) is 0 Å². The Bertz CT molecular complexity index is 781. The Balaban J connectivity index is 1.96. The molecule has 0 saturated carbocycles. The van der Waals surface area contributed by atoms with Crippen LogP contribution in [0.4, 0.5) is 5.69 Å². The van der Waals surface area contributed by atoms with Gasteiger partial charge in [0.05, 0.1) is 5.56 Å². The molecule has 0 aromatic heterocycles. The van der Waals surface area contributed by atoms with E-state index in [4.69, 9.17) is 11.6 Å². The molecule has 0 unspecified atom stereocenters. The number of amides is 2. The van der Waals surface area contributed by atoms with Gasteiger partial charge >= 0.3 is 0 Å². The fraction of sp³-hybridized carbons (Fsp3) is 0.222. The van der Waals surface area contributed by atoms with Gasteiger partial charge in [0, 0.05) is 28.1 Å². The summed E-state index contributed by atoms with van der Waals surface area (Å²) in [6.45, 7) is 0.887. The fourth-order valence-electron chi connectivity index (χ4n) is 2.71. The number of rotatable bonds is 4. The molecule has 3 rings (SSSR count). The SMILES string of the molecule is O=C1CCCN1CN(C(=O)c1ccccc1Br)c1cccc(Cl)c1. The van der Waals surface area contributed by atoms with Crippen molar-refractivity contribution in [3.05, 3.63) is 63.6 Å². The van der Waals surface area contributed by atoms with Crippen LogP contribution in [0, 0.1) is 0 Å². The molecule has 1 heterocycles. The van der Waals surface area contributed by atoms with Crippen LogP contribution in [-0.2, 0) is 4.79 Å². The highest BCUT2D eigenvalue weighted by atomic mass is 79.9. The van der Waals surface area contributed by atoms with Gasteiger partial charge in [-0.15, -0.1) is 0 Å². The Kier molecular flexibility index (Phi) is 5.21. The zero-order valence-corrected chi connectivity index (χ0v) is 15.3. The van der Waals surface area contributed by atoms with Crippen LogP contribution in [0.25, 0.3) is 0 Å². The van der Waals surface area contributed by atoms with E-state index in [2.05, 4.69) is 15.9 Å². The first kappa shape index (κ1) is 17.0. The summed E-state index contributed by atoms with van der Waals surface area (Å²) in [5, 5.41) is 0.546. The first-order valence-corrected chi connectivity index (χ1v) is 8.83. The van der Waals surface area contributed by atoms with Crippen molar-refractivity contribution in [2.75, 3.05) is 18.1 Å². The van der Waals surface area contributed by atoms with E-state index in [9.17, 15) is 9.59 Å². The third-order valence-corrected chi connectivity index (χ3v) is 4.88. The lowest BCUT2D eigenvalue weighted by molar-refractivity contribution is -0.127. The fourth-order valence-corrected chi connectivity index (χ4v) is 3.35. The van der Waals surface area contributed by atoms with Crippen LogP contribution < -0.4 is 4.90 Å². The maximum absolute atomic E-state index is 13.1. The molecule has 0 atom stereocenters. The number of anilines is 1. The van der Waals surface area contributed by atoms with Crippen molar-refractivity contribution in [1.82, 2.24) is 4.90 Å². The molecule has 4 nitrogen and oxygen atoms in total. The second-order valence-corrected chi connectivity index (χ2v) is 6.89. The molecule has 1 aliphatic rings. The molecule has 6 heteroatoms. The largest absolute Gasteiger partial charge is 0.324 e. The molecule has 124 valence electrons. The highest BCUT2D eigenvalue weighted by molar-refractivity contribution is 9.10. The van der Waals surface area contributed by atoms with Gasteiger partial charge in [-0.25, -0.2) is 0 Å². The van der Waals surface area contributed by atoms with E-state index in [1.54, 1.807) is 34.1 Å². The molecule has 2 amide bonds. The van der Waals surface area contributed by atoms with Crippen LogP contribution in [0.2, 0.25) is 5.02 Å². The molecule has 0 N–H and O–H groups in total. The normalized spacial score (nSPS) is 14.1. The molecule has 1 aliphatic heterocycles. The maximum Gasteiger partial charge on any atom is 0.260 e. The lowest BCUT2D eigenvalue weighted by Crippen LogP contribution is -2.42.